The smallest absolute Gasteiger partial charge is 0.340 e. The van der Waals surface area contributed by atoms with Crippen molar-refractivity contribution in [3.05, 3.63) is 40.6 Å². The molecule has 4 heterocycles. The number of piperidine rings is 2. The average Bonchev–Trinajstić information content (AvgIpc) is 3.43. The summed E-state index contributed by atoms with van der Waals surface area (Å²) in [5.74, 6) is 0.435. The Morgan fingerprint density at radius 2 is 2.03 bits per heavy atom. The highest BCUT2D eigenvalue weighted by Gasteiger charge is 2.32. The quantitative estimate of drug-likeness (QED) is 0.562. The molecule has 0 aliphatic carbocycles. The lowest BCUT2D eigenvalue weighted by molar-refractivity contribution is -0.127. The highest BCUT2D eigenvalue weighted by atomic mass is 16.4. The first kappa shape index (κ1) is 19.8. The molecule has 2 aliphatic rings. The molecule has 10 heteroatoms. The Kier molecular flexibility index (Phi) is 5.46. The van der Waals surface area contributed by atoms with Gasteiger partial charge in [-0.05, 0) is 44.4 Å². The van der Waals surface area contributed by atoms with Crippen molar-refractivity contribution in [1.82, 2.24) is 30.4 Å². The number of benzene rings is 1. The minimum absolute atomic E-state index is 0.0254. The minimum Gasteiger partial charge on any atom is -0.423 e. The molecule has 0 saturated carbocycles. The Morgan fingerprint density at radius 1 is 1.19 bits per heavy atom. The second kappa shape index (κ2) is 8.54. The largest absolute Gasteiger partial charge is 0.423 e. The lowest BCUT2D eigenvalue weighted by Gasteiger charge is -2.41. The first-order chi connectivity index (χ1) is 15.2. The minimum atomic E-state index is -0.364. The first-order valence-electron chi connectivity index (χ1n) is 10.9. The van der Waals surface area contributed by atoms with E-state index in [1.807, 2.05) is 24.3 Å². The molecule has 1 aromatic carbocycles. The number of oxazole rings is 1. The van der Waals surface area contributed by atoms with Gasteiger partial charge in [-0.15, -0.1) is 0 Å². The maximum absolute atomic E-state index is 12.6. The monoisotopic (exact) mass is 425 g/mol. The van der Waals surface area contributed by atoms with E-state index in [-0.39, 0.29) is 24.1 Å². The number of anilines is 1. The number of para-hydroxylation sites is 2. The maximum Gasteiger partial charge on any atom is 0.340 e. The number of carbonyl (C=O) groups excluding carboxylic acids is 1. The lowest BCUT2D eigenvalue weighted by atomic mass is 9.93. The van der Waals surface area contributed by atoms with Crippen molar-refractivity contribution in [2.75, 3.05) is 31.1 Å². The Bertz CT molecular complexity index is 1060. The number of hydrogen-bond donors (Lipinski definition) is 3. The molecule has 2 aromatic heterocycles. The third-order valence-corrected chi connectivity index (χ3v) is 6.34. The molecule has 164 valence electrons. The van der Waals surface area contributed by atoms with Gasteiger partial charge in [0.05, 0.1) is 12.5 Å². The zero-order chi connectivity index (χ0) is 21.2. The maximum atomic E-state index is 12.6. The summed E-state index contributed by atoms with van der Waals surface area (Å²) in [4.78, 5) is 35.6. The third kappa shape index (κ3) is 4.34. The highest BCUT2D eigenvalue weighted by molar-refractivity contribution is 5.78. The highest BCUT2D eigenvalue weighted by Crippen LogP contribution is 2.28. The molecule has 3 aromatic rings. The van der Waals surface area contributed by atoms with E-state index in [1.165, 1.54) is 0 Å². The van der Waals surface area contributed by atoms with Crippen molar-refractivity contribution < 1.29 is 9.21 Å². The summed E-state index contributed by atoms with van der Waals surface area (Å²) in [7, 11) is 0. The van der Waals surface area contributed by atoms with Gasteiger partial charge in [-0.2, -0.15) is 10.1 Å². The number of H-pyrrole nitrogens is 2. The number of hydrogen-bond acceptors (Lipinski definition) is 7. The van der Waals surface area contributed by atoms with Crippen LogP contribution in [0.25, 0.3) is 11.1 Å². The first-order valence-corrected chi connectivity index (χ1v) is 10.9. The van der Waals surface area contributed by atoms with E-state index < -0.39 is 0 Å². The van der Waals surface area contributed by atoms with Crippen LogP contribution in [0.5, 0.6) is 0 Å². The molecule has 0 bridgehead atoms. The van der Waals surface area contributed by atoms with Crippen LogP contribution in [0, 0.1) is 5.92 Å². The lowest BCUT2D eigenvalue weighted by Crippen LogP contribution is -2.50. The zero-order valence-corrected chi connectivity index (χ0v) is 17.3. The molecule has 0 radical (unpaired) electrons. The number of rotatable bonds is 5. The Balaban J connectivity index is 1.14. The van der Waals surface area contributed by atoms with Crippen LogP contribution in [0.2, 0.25) is 0 Å². The van der Waals surface area contributed by atoms with Crippen LogP contribution in [-0.2, 0) is 11.3 Å². The van der Waals surface area contributed by atoms with Crippen molar-refractivity contribution in [3.63, 3.8) is 0 Å². The average molecular weight is 425 g/mol. The molecular weight excluding hydrogens is 398 g/mol. The standard InChI is InChI=1S/C21H27N7O3/c29-19(22-12-18-24-20(30)26-25-18)14-4-3-9-28(13-14)15-7-10-27(11-8-15)21-23-16-5-1-2-6-17(16)31-21/h1-2,5-6,14-15H,3-4,7-13H2,(H,22,29)(H2,24,25,26,30)/t14-/m0/s1. The van der Waals surface area contributed by atoms with Gasteiger partial charge in [0.15, 0.2) is 5.58 Å². The number of likely N-dealkylation sites (tertiary alicyclic amines) is 1. The third-order valence-electron chi connectivity index (χ3n) is 6.34. The molecule has 5 rings (SSSR count). The van der Waals surface area contributed by atoms with E-state index in [0.717, 1.165) is 63.0 Å². The van der Waals surface area contributed by atoms with Crippen LogP contribution in [0.4, 0.5) is 6.01 Å². The summed E-state index contributed by atoms with van der Waals surface area (Å²) >= 11 is 0. The van der Waals surface area contributed by atoms with E-state index in [4.69, 9.17) is 4.42 Å². The molecule has 3 N–H and O–H groups in total. The summed E-state index contributed by atoms with van der Waals surface area (Å²) in [5, 5.41) is 9.04. The van der Waals surface area contributed by atoms with Gasteiger partial charge in [-0.3, -0.25) is 14.7 Å². The predicted octanol–water partition coefficient (Wildman–Crippen LogP) is 1.24. The van der Waals surface area contributed by atoms with E-state index in [2.05, 4.69) is 35.3 Å². The number of nitrogens with one attached hydrogen (secondary N) is 3. The molecule has 0 spiro atoms. The summed E-state index contributed by atoms with van der Waals surface area (Å²) in [6.07, 6.45) is 3.97. The Hall–Kier alpha value is -3.14. The van der Waals surface area contributed by atoms with Crippen molar-refractivity contribution in [2.45, 2.75) is 38.3 Å². The number of carbonyl (C=O) groups is 1. The van der Waals surface area contributed by atoms with E-state index >= 15 is 0 Å². The van der Waals surface area contributed by atoms with Gasteiger partial charge in [0.1, 0.15) is 11.3 Å². The molecule has 31 heavy (non-hydrogen) atoms. The molecule has 1 atom stereocenters. The zero-order valence-electron chi connectivity index (χ0n) is 17.3. The van der Waals surface area contributed by atoms with Crippen molar-refractivity contribution in [1.29, 1.82) is 0 Å². The van der Waals surface area contributed by atoms with E-state index in [9.17, 15) is 9.59 Å². The number of fused-ring (bicyclic) bond motifs is 1. The van der Waals surface area contributed by atoms with Crippen LogP contribution < -0.4 is 15.9 Å². The van der Waals surface area contributed by atoms with E-state index in [0.29, 0.717) is 17.9 Å². The molecule has 2 aliphatic heterocycles. The summed E-state index contributed by atoms with van der Waals surface area (Å²) in [5.41, 5.74) is 1.35. The van der Waals surface area contributed by atoms with Gasteiger partial charge < -0.3 is 14.6 Å². The fourth-order valence-electron chi connectivity index (χ4n) is 4.67. The molecule has 10 nitrogen and oxygen atoms in total. The van der Waals surface area contributed by atoms with Crippen LogP contribution in [0.3, 0.4) is 0 Å². The van der Waals surface area contributed by atoms with Gasteiger partial charge in [0.25, 0.3) is 6.01 Å². The number of aromatic amines is 2. The summed E-state index contributed by atoms with van der Waals surface area (Å²) < 4.78 is 5.92. The second-order valence-corrected chi connectivity index (χ2v) is 8.36. The molecule has 1 amide bonds. The predicted molar refractivity (Wildman–Crippen MR) is 115 cm³/mol. The number of nitrogens with zero attached hydrogens (tertiary/aromatic N) is 4. The Labute approximate surface area is 179 Å². The van der Waals surface area contributed by atoms with Gasteiger partial charge in [0.2, 0.25) is 5.91 Å². The van der Waals surface area contributed by atoms with Crippen molar-refractivity contribution >= 4 is 23.0 Å². The van der Waals surface area contributed by atoms with E-state index in [1.54, 1.807) is 0 Å². The van der Waals surface area contributed by atoms with Crippen LogP contribution in [0.15, 0.2) is 33.5 Å². The molecule has 2 fully saturated rings. The summed E-state index contributed by atoms with van der Waals surface area (Å²) in [6.45, 7) is 3.84. The fraction of sp³-hybridized carbons (Fsp3) is 0.524. The van der Waals surface area contributed by atoms with Gasteiger partial charge >= 0.3 is 5.69 Å². The van der Waals surface area contributed by atoms with Gasteiger partial charge in [-0.25, -0.2) is 9.89 Å². The summed E-state index contributed by atoms with van der Waals surface area (Å²) in [6, 6.07) is 9.02. The SMILES string of the molecule is O=C(NCc1n[nH]c(=O)[nH]1)[C@H]1CCCN(C2CCN(c3nc4ccccc4o3)CC2)C1. The molecule has 0 unspecified atom stereocenters. The van der Waals surface area contributed by atoms with Crippen LogP contribution in [0.1, 0.15) is 31.5 Å². The van der Waals surface area contributed by atoms with Gasteiger partial charge in [0, 0.05) is 25.7 Å². The van der Waals surface area contributed by atoms with Gasteiger partial charge in [-0.1, -0.05) is 12.1 Å². The normalized spacial score (nSPS) is 20.9. The topological polar surface area (TPSA) is 123 Å². The fourth-order valence-corrected chi connectivity index (χ4v) is 4.67. The Morgan fingerprint density at radius 3 is 2.81 bits per heavy atom. The second-order valence-electron chi connectivity index (χ2n) is 8.36. The molecular formula is C21H27N7O3. The number of amides is 1. The van der Waals surface area contributed by atoms with Crippen molar-refractivity contribution in [3.8, 4) is 0 Å². The van der Waals surface area contributed by atoms with Crippen LogP contribution >= 0.6 is 0 Å². The van der Waals surface area contributed by atoms with Crippen LogP contribution in [-0.4, -0.2) is 63.2 Å². The number of aromatic nitrogens is 4. The van der Waals surface area contributed by atoms with Crippen molar-refractivity contribution in [2.24, 2.45) is 5.92 Å². The molecule has 2 saturated heterocycles.